The Bertz CT molecular complexity index is 1450. The second-order valence-corrected chi connectivity index (χ2v) is 10.8. The van der Waals surface area contributed by atoms with Crippen LogP contribution in [-0.2, 0) is 4.79 Å². The molecule has 2 N–H and O–H groups in total. The summed E-state index contributed by atoms with van der Waals surface area (Å²) in [7, 11) is 0. The number of fused-ring (bicyclic) bond motifs is 1. The Balaban J connectivity index is 1.69. The van der Waals surface area contributed by atoms with E-state index in [0.29, 0.717) is 27.5 Å². The van der Waals surface area contributed by atoms with Crippen molar-refractivity contribution in [3.8, 4) is 5.75 Å². The number of rotatable bonds is 9. The van der Waals surface area contributed by atoms with E-state index in [9.17, 15) is 36.6 Å². The van der Waals surface area contributed by atoms with Gasteiger partial charge in [-0.1, -0.05) is 34.1 Å². The second-order valence-electron chi connectivity index (χ2n) is 9.90. The van der Waals surface area contributed by atoms with Crippen LogP contribution >= 0.6 is 15.9 Å². The molecule has 2 heterocycles. The molecule has 0 spiro atoms. The number of ether oxygens (including phenoxy) is 1. The number of benzene rings is 2. The number of amides is 1. The first-order valence-corrected chi connectivity index (χ1v) is 13.6. The molecule has 1 amide bonds. The van der Waals surface area contributed by atoms with Crippen molar-refractivity contribution in [1.29, 1.82) is 0 Å². The Morgan fingerprint density at radius 1 is 1.22 bits per heavy atom. The van der Waals surface area contributed by atoms with Crippen molar-refractivity contribution in [3.05, 3.63) is 63.6 Å². The lowest BCUT2D eigenvalue weighted by Crippen LogP contribution is -2.43. The highest BCUT2D eigenvalue weighted by molar-refractivity contribution is 9.10. The summed E-state index contributed by atoms with van der Waals surface area (Å²) in [6, 6.07) is 10.4. The average Bonchev–Trinajstić information content (AvgIpc) is 2.87. The summed E-state index contributed by atoms with van der Waals surface area (Å²) in [5, 5.41) is 12.4. The highest BCUT2D eigenvalue weighted by atomic mass is 79.9. The maximum atomic E-state index is 14.3. The maximum Gasteiger partial charge on any atom is 0.573 e. The maximum absolute atomic E-state index is 14.3. The van der Waals surface area contributed by atoms with Gasteiger partial charge in [0.15, 0.2) is 0 Å². The van der Waals surface area contributed by atoms with E-state index in [0.717, 1.165) is 6.07 Å². The third-order valence-corrected chi connectivity index (χ3v) is 7.38. The van der Waals surface area contributed by atoms with Crippen LogP contribution in [-0.4, -0.2) is 53.9 Å². The molecule has 220 valence electrons. The molecule has 0 radical (unpaired) electrons. The fraction of sp³-hybridized carbons (Fsp3) is 0.393. The molecule has 4 rings (SSSR count). The summed E-state index contributed by atoms with van der Waals surface area (Å²) >= 11 is 3.38. The topological polar surface area (TPSA) is 91.8 Å². The highest BCUT2D eigenvalue weighted by Crippen LogP contribution is 2.36. The molecule has 0 unspecified atom stereocenters. The molecule has 1 fully saturated rings. The molecule has 41 heavy (non-hydrogen) atoms. The number of aliphatic carboxylic acids is 1. The summed E-state index contributed by atoms with van der Waals surface area (Å²) in [6.45, 7) is 1.19. The minimum Gasteiger partial charge on any atom is -0.481 e. The van der Waals surface area contributed by atoms with E-state index in [1.807, 2.05) is 0 Å². The van der Waals surface area contributed by atoms with Crippen LogP contribution in [0, 0.1) is 6.92 Å². The number of hydrogen-bond donors (Lipinski definition) is 2. The van der Waals surface area contributed by atoms with Crippen molar-refractivity contribution in [1.82, 2.24) is 10.3 Å². The fourth-order valence-corrected chi connectivity index (χ4v) is 5.43. The van der Waals surface area contributed by atoms with E-state index in [4.69, 9.17) is 0 Å². The van der Waals surface area contributed by atoms with Gasteiger partial charge in [-0.3, -0.25) is 9.59 Å². The van der Waals surface area contributed by atoms with Gasteiger partial charge in [-0.25, -0.2) is 13.8 Å². The lowest BCUT2D eigenvalue weighted by Gasteiger charge is -2.34. The summed E-state index contributed by atoms with van der Waals surface area (Å²) < 4.78 is 72.5. The SMILES string of the molecule is Cc1c(N2CCCC(F)(F)C2)nc2ccc(Br)cc2c1C(=O)NC[C@H](CCC(=O)O)c1ccccc1OC(F)(F)F. The Labute approximate surface area is 240 Å². The zero-order chi connectivity index (χ0) is 29.9. The van der Waals surface area contributed by atoms with Gasteiger partial charge in [-0.05, 0) is 49.6 Å². The Hall–Kier alpha value is -3.48. The normalized spacial score (nSPS) is 15.9. The lowest BCUT2D eigenvalue weighted by atomic mass is 9.92. The molecule has 0 saturated carbocycles. The van der Waals surface area contributed by atoms with E-state index >= 15 is 0 Å². The predicted octanol–water partition coefficient (Wildman–Crippen LogP) is 6.82. The molecule has 1 aromatic heterocycles. The van der Waals surface area contributed by atoms with E-state index in [2.05, 4.69) is 31.0 Å². The second kappa shape index (κ2) is 12.2. The van der Waals surface area contributed by atoms with Crippen LogP contribution in [0.2, 0.25) is 0 Å². The number of aromatic nitrogens is 1. The lowest BCUT2D eigenvalue weighted by molar-refractivity contribution is -0.275. The third-order valence-electron chi connectivity index (χ3n) is 6.88. The quantitative estimate of drug-likeness (QED) is 0.249. The summed E-state index contributed by atoms with van der Waals surface area (Å²) in [5.74, 6) is -5.75. The van der Waals surface area contributed by atoms with Crippen molar-refractivity contribution in [2.24, 2.45) is 0 Å². The molecule has 13 heteroatoms. The number of halogens is 6. The van der Waals surface area contributed by atoms with Gasteiger partial charge in [0.05, 0.1) is 17.6 Å². The molecule has 1 aliphatic rings. The number of pyridine rings is 1. The summed E-state index contributed by atoms with van der Waals surface area (Å²) in [6.07, 6.45) is -5.41. The number of carboxylic acid groups (broad SMARTS) is 1. The van der Waals surface area contributed by atoms with Crippen LogP contribution < -0.4 is 15.0 Å². The van der Waals surface area contributed by atoms with Crippen LogP contribution in [0.15, 0.2) is 46.9 Å². The first kappa shape index (κ1) is 30.5. The third kappa shape index (κ3) is 7.63. The first-order valence-electron chi connectivity index (χ1n) is 12.8. The average molecular weight is 644 g/mol. The number of alkyl halides is 5. The number of anilines is 1. The fourth-order valence-electron chi connectivity index (χ4n) is 5.07. The Morgan fingerprint density at radius 3 is 2.63 bits per heavy atom. The smallest absolute Gasteiger partial charge is 0.481 e. The number of piperidine rings is 1. The number of carbonyl (C=O) groups excluding carboxylic acids is 1. The van der Waals surface area contributed by atoms with Gasteiger partial charge in [0, 0.05) is 47.3 Å². The molecule has 0 bridgehead atoms. The van der Waals surface area contributed by atoms with E-state index in [1.54, 1.807) is 25.1 Å². The van der Waals surface area contributed by atoms with Gasteiger partial charge >= 0.3 is 12.3 Å². The van der Waals surface area contributed by atoms with Gasteiger partial charge in [-0.15, -0.1) is 13.2 Å². The number of carboxylic acids is 1. The zero-order valence-corrected chi connectivity index (χ0v) is 23.5. The van der Waals surface area contributed by atoms with E-state index in [1.165, 1.54) is 23.1 Å². The largest absolute Gasteiger partial charge is 0.573 e. The molecule has 1 saturated heterocycles. The van der Waals surface area contributed by atoms with Gasteiger partial charge in [0.1, 0.15) is 11.6 Å². The number of nitrogens with zero attached hydrogens (tertiary/aromatic N) is 2. The van der Waals surface area contributed by atoms with Crippen molar-refractivity contribution in [3.63, 3.8) is 0 Å². The standard InChI is InChI=1S/C28H27BrF5N3O4/c1-16-24(20-13-18(29)8-9-21(20)36-25(16)37-12-4-11-27(30,31)15-37)26(40)35-14-17(7-10-23(38)39)19-5-2-3-6-22(19)41-28(32,33)34/h2-3,5-6,8-9,13,17H,4,7,10-12,14-15H2,1H3,(H,35,40)(H,38,39)/t17-/m0/s1. The first-order chi connectivity index (χ1) is 19.2. The number of nitrogens with one attached hydrogen (secondary N) is 1. The van der Waals surface area contributed by atoms with Gasteiger partial charge in [-0.2, -0.15) is 0 Å². The monoisotopic (exact) mass is 643 g/mol. The van der Waals surface area contributed by atoms with Crippen LogP contribution in [0.3, 0.4) is 0 Å². The number of carbonyl (C=O) groups is 2. The van der Waals surface area contributed by atoms with Crippen molar-refractivity contribution in [2.75, 3.05) is 24.5 Å². The van der Waals surface area contributed by atoms with Crippen molar-refractivity contribution in [2.45, 2.75) is 50.8 Å². The molecule has 1 atom stereocenters. The number of hydrogen-bond acceptors (Lipinski definition) is 5. The molecular weight excluding hydrogens is 617 g/mol. The molecule has 2 aromatic carbocycles. The van der Waals surface area contributed by atoms with Crippen LogP contribution in [0.4, 0.5) is 27.8 Å². The van der Waals surface area contributed by atoms with Gasteiger partial charge in [0.25, 0.3) is 11.8 Å². The van der Waals surface area contributed by atoms with E-state index < -0.39 is 42.4 Å². The minimum atomic E-state index is -4.97. The molecule has 3 aromatic rings. The molecule has 1 aliphatic heterocycles. The van der Waals surface area contributed by atoms with E-state index in [-0.39, 0.29) is 49.2 Å². The molecule has 0 aliphatic carbocycles. The predicted molar refractivity (Wildman–Crippen MR) is 146 cm³/mol. The van der Waals surface area contributed by atoms with Gasteiger partial charge in [0.2, 0.25) is 0 Å². The van der Waals surface area contributed by atoms with Crippen LogP contribution in [0.5, 0.6) is 5.75 Å². The summed E-state index contributed by atoms with van der Waals surface area (Å²) in [5.41, 5.74) is 1.03. The Kier molecular flexibility index (Phi) is 9.05. The van der Waals surface area contributed by atoms with Gasteiger partial charge < -0.3 is 20.1 Å². The van der Waals surface area contributed by atoms with Crippen LogP contribution in [0.1, 0.15) is 53.1 Å². The molecular formula is C28H27BrF5N3O4. The molecule has 7 nitrogen and oxygen atoms in total. The minimum absolute atomic E-state index is 0.0798. The zero-order valence-electron chi connectivity index (χ0n) is 21.9. The summed E-state index contributed by atoms with van der Waals surface area (Å²) in [4.78, 5) is 31.0. The highest BCUT2D eigenvalue weighted by Gasteiger charge is 2.37. The van der Waals surface area contributed by atoms with Crippen LogP contribution in [0.25, 0.3) is 10.9 Å². The number of para-hydroxylation sites is 1. The van der Waals surface area contributed by atoms with Crippen molar-refractivity contribution >= 4 is 44.5 Å². The Morgan fingerprint density at radius 2 is 1.95 bits per heavy atom. The van der Waals surface area contributed by atoms with Crippen molar-refractivity contribution < 1.29 is 41.4 Å².